The van der Waals surface area contributed by atoms with Gasteiger partial charge in [0.15, 0.2) is 0 Å². The zero-order chi connectivity index (χ0) is 33.6. The molecule has 0 amide bonds. The molecule has 0 radical (unpaired) electrons. The number of unbranched alkanes of at least 4 members (excludes halogenated alkanes) is 26. The van der Waals surface area contributed by atoms with Crippen molar-refractivity contribution in [3.63, 3.8) is 0 Å². The summed E-state index contributed by atoms with van der Waals surface area (Å²) in [5, 5.41) is 2.42. The Morgan fingerprint density at radius 3 is 1.19 bits per heavy atom. The van der Waals surface area contributed by atoms with Crippen LogP contribution in [0.2, 0.25) is 14.8 Å². The van der Waals surface area contributed by atoms with Crippen molar-refractivity contribution in [2.24, 2.45) is 0 Å². The van der Waals surface area contributed by atoms with Gasteiger partial charge in [0.1, 0.15) is 0 Å². The fourth-order valence-electron chi connectivity index (χ4n) is 8.20. The first-order chi connectivity index (χ1) is 22.9. The average Bonchev–Trinajstić information content (AvgIpc) is 3.77. The third-order valence-electron chi connectivity index (χ3n) is 11.3. The zero-order valence-corrected chi connectivity index (χ0v) is 36.7. The van der Waals surface area contributed by atoms with E-state index in [9.17, 15) is 0 Å². The summed E-state index contributed by atoms with van der Waals surface area (Å²) in [5.41, 5.74) is 3.81. The predicted molar refractivity (Wildman–Crippen MR) is 221 cm³/mol. The number of hydrogen-bond acceptors (Lipinski definition) is 2. The molecule has 0 aromatic carbocycles. The summed E-state index contributed by atoms with van der Waals surface area (Å²) in [7, 11) is 0. The predicted octanol–water partition coefficient (Wildman–Crippen LogP) is 16.4. The first kappa shape index (κ1) is 41.6. The van der Waals surface area contributed by atoms with E-state index in [0.717, 1.165) is 0 Å². The zero-order valence-electron chi connectivity index (χ0n) is 32.3. The van der Waals surface area contributed by atoms with Crippen LogP contribution in [0.1, 0.15) is 218 Å². The quantitative estimate of drug-likeness (QED) is 0.0527. The molecule has 0 unspecified atom stereocenters. The molecule has 1 aliphatic rings. The molecule has 0 saturated carbocycles. The Morgan fingerprint density at radius 2 is 0.830 bits per heavy atom. The third kappa shape index (κ3) is 14.8. The molecule has 0 atom stereocenters. The number of fused-ring (bicyclic) bond motifs is 3. The molecule has 0 bridgehead atoms. The van der Waals surface area contributed by atoms with E-state index < -0.39 is 18.4 Å². The summed E-state index contributed by atoms with van der Waals surface area (Å²) in [6, 6.07) is 5.30. The van der Waals surface area contributed by atoms with Crippen molar-refractivity contribution in [1.29, 1.82) is 0 Å². The van der Waals surface area contributed by atoms with Crippen LogP contribution in [-0.2, 0) is 5.41 Å². The van der Waals surface area contributed by atoms with E-state index in [1.165, 1.54) is 193 Å². The van der Waals surface area contributed by atoms with E-state index >= 15 is 0 Å². The second-order valence-electron chi connectivity index (χ2n) is 16.5. The maximum atomic E-state index is 2.76. The normalized spacial score (nSPS) is 13.8. The molecule has 47 heavy (non-hydrogen) atoms. The summed E-state index contributed by atoms with van der Waals surface area (Å²) in [6.45, 7) is 4.63. The van der Waals surface area contributed by atoms with Crippen LogP contribution in [-0.4, -0.2) is 18.4 Å². The van der Waals surface area contributed by atoms with Crippen LogP contribution in [0.25, 0.3) is 9.75 Å². The summed E-state index contributed by atoms with van der Waals surface area (Å²) < 4.78 is 1.80. The average molecular weight is 790 g/mol. The third-order valence-corrected chi connectivity index (χ3v) is 22.9. The standard InChI is InChI=1S/C41H69S2.3CH3.Sn/c1-3-5-7-9-11-13-15-17-19-21-23-25-27-29-33-41(37-31-35-42-39(37)40-38(41)32-36-43-40)34-30-28-26-24-22-20-18-16-14-12-10-8-6-4-2;;;;/h31-32,35H,3-30,33-34H2,1-2H3;3*1H3;. The molecule has 0 fully saturated rings. The second kappa shape index (κ2) is 24.4. The van der Waals surface area contributed by atoms with Crippen LogP contribution in [0.3, 0.4) is 0 Å². The first-order valence-corrected chi connectivity index (χ1v) is 32.9. The van der Waals surface area contributed by atoms with E-state index in [4.69, 9.17) is 0 Å². The SMILES string of the molecule is CCCCCCCCCCCCCCCCC1(CCCCCCCCCCCCCCCC)c2ccsc2-c2s[c]([Sn]([CH3])([CH3])[CH3])cc21. The fourth-order valence-corrected chi connectivity index (χ4v) is 15.8. The molecule has 2 aromatic heterocycles. The van der Waals surface area contributed by atoms with E-state index in [1.807, 2.05) is 11.3 Å². The number of rotatable bonds is 31. The topological polar surface area (TPSA) is 0 Å². The van der Waals surface area contributed by atoms with Gasteiger partial charge in [-0.05, 0) is 0 Å². The number of thiophene rings is 2. The molecule has 0 aliphatic heterocycles. The molecule has 3 heteroatoms. The van der Waals surface area contributed by atoms with Crippen LogP contribution < -0.4 is 2.89 Å². The molecule has 3 rings (SSSR count). The minimum absolute atomic E-state index is 0.310. The van der Waals surface area contributed by atoms with Crippen molar-refractivity contribution in [3.8, 4) is 9.75 Å². The van der Waals surface area contributed by atoms with Crippen LogP contribution in [0.5, 0.6) is 0 Å². The molecule has 0 saturated heterocycles. The summed E-state index contributed by atoms with van der Waals surface area (Å²) in [5.74, 6) is 0. The van der Waals surface area contributed by atoms with Gasteiger partial charge < -0.3 is 0 Å². The molecular weight excluding hydrogens is 711 g/mol. The van der Waals surface area contributed by atoms with E-state index in [0.29, 0.717) is 5.41 Å². The van der Waals surface area contributed by atoms with E-state index in [1.54, 1.807) is 23.8 Å². The Kier molecular flexibility index (Phi) is 21.6. The summed E-state index contributed by atoms with van der Waals surface area (Å²) in [4.78, 5) is 11.2. The molecule has 1 aliphatic carbocycles. The van der Waals surface area contributed by atoms with Crippen LogP contribution in [0.15, 0.2) is 17.5 Å². The Balaban J connectivity index is 1.40. The van der Waals surface area contributed by atoms with Gasteiger partial charge in [0.25, 0.3) is 0 Å². The Labute approximate surface area is 307 Å². The van der Waals surface area contributed by atoms with Gasteiger partial charge in [0.2, 0.25) is 0 Å². The van der Waals surface area contributed by atoms with Crippen LogP contribution >= 0.6 is 22.7 Å². The van der Waals surface area contributed by atoms with Gasteiger partial charge in [-0.25, -0.2) is 0 Å². The van der Waals surface area contributed by atoms with Gasteiger partial charge in [0, 0.05) is 0 Å². The molecule has 0 spiro atoms. The van der Waals surface area contributed by atoms with Crippen molar-refractivity contribution >= 4 is 43.9 Å². The molecular formula is C44H78S2Sn. The Hall–Kier alpha value is 0.199. The van der Waals surface area contributed by atoms with Crippen molar-refractivity contribution < 1.29 is 0 Å². The van der Waals surface area contributed by atoms with Gasteiger partial charge in [0.05, 0.1) is 0 Å². The monoisotopic (exact) mass is 790 g/mol. The minimum atomic E-state index is -2.11. The van der Waals surface area contributed by atoms with Gasteiger partial charge in [-0.3, -0.25) is 0 Å². The van der Waals surface area contributed by atoms with Crippen molar-refractivity contribution in [2.75, 3.05) is 0 Å². The van der Waals surface area contributed by atoms with Gasteiger partial charge in [-0.2, -0.15) is 0 Å². The summed E-state index contributed by atoms with van der Waals surface area (Å²) >= 11 is 2.14. The van der Waals surface area contributed by atoms with Crippen LogP contribution in [0, 0.1) is 0 Å². The van der Waals surface area contributed by atoms with Gasteiger partial charge >= 0.3 is 205 Å². The molecule has 270 valence electrons. The van der Waals surface area contributed by atoms with Crippen molar-refractivity contribution in [2.45, 2.75) is 227 Å². The van der Waals surface area contributed by atoms with Crippen molar-refractivity contribution in [1.82, 2.24) is 0 Å². The Bertz CT molecular complexity index is 1010. The Morgan fingerprint density at radius 1 is 0.468 bits per heavy atom. The van der Waals surface area contributed by atoms with Gasteiger partial charge in [-0.1, -0.05) is 104 Å². The summed E-state index contributed by atoms with van der Waals surface area (Å²) in [6.07, 6.45) is 43.4. The molecule has 0 N–H and O–H groups in total. The first-order valence-electron chi connectivity index (χ1n) is 21.2. The van der Waals surface area contributed by atoms with Crippen molar-refractivity contribution in [3.05, 3.63) is 28.6 Å². The fraction of sp³-hybridized carbons (Fsp3) is 0.818. The van der Waals surface area contributed by atoms with Gasteiger partial charge in [-0.15, -0.1) is 0 Å². The van der Waals surface area contributed by atoms with E-state index in [-0.39, 0.29) is 0 Å². The maximum absolute atomic E-state index is 2.76. The van der Waals surface area contributed by atoms with Crippen LogP contribution in [0.4, 0.5) is 0 Å². The van der Waals surface area contributed by atoms with E-state index in [2.05, 4.69) is 57.5 Å². The molecule has 0 nitrogen and oxygen atoms in total. The second-order valence-corrected chi connectivity index (χ2v) is 33.9. The molecule has 2 aromatic rings. The number of hydrogen-bond donors (Lipinski definition) is 0. The molecule has 2 heterocycles.